The molecule has 2 aromatic rings. The van der Waals surface area contributed by atoms with E-state index in [4.69, 9.17) is 0 Å². The Morgan fingerprint density at radius 3 is 1.93 bits per heavy atom. The molecule has 0 aliphatic carbocycles. The van der Waals surface area contributed by atoms with Crippen molar-refractivity contribution < 1.29 is 24.0 Å². The van der Waals surface area contributed by atoms with Crippen LogP contribution in [0.2, 0.25) is 0 Å². The van der Waals surface area contributed by atoms with E-state index in [1.54, 1.807) is 12.1 Å². The molecule has 1 unspecified atom stereocenters. The summed E-state index contributed by atoms with van der Waals surface area (Å²) in [5.74, 6) is -1.01. The minimum absolute atomic E-state index is 0.0392. The second-order valence-corrected chi connectivity index (χ2v) is 14.9. The number of unbranched alkanes of at least 4 members (excludes halogenated alkanes) is 3. The SMILES string of the molecule is CCCCCCNC(=O)C(CC(C)C)N1C(=O)c2cc(SCC)c3c4c(cc(SCC)c(c24)C1=O)C(=O)N(CCN(C)C)C3=O. The summed E-state index contributed by atoms with van der Waals surface area (Å²) in [5, 5.41) is 3.71. The minimum Gasteiger partial charge on any atom is -0.354 e. The molecular formula is C34H46N4O5S2. The van der Waals surface area contributed by atoms with Crippen LogP contribution in [0.1, 0.15) is 108 Å². The fourth-order valence-electron chi connectivity index (χ4n) is 6.05. The summed E-state index contributed by atoms with van der Waals surface area (Å²) in [7, 11) is 3.77. The molecule has 5 amide bonds. The van der Waals surface area contributed by atoms with Crippen molar-refractivity contribution in [1.82, 2.24) is 20.0 Å². The lowest BCUT2D eigenvalue weighted by Gasteiger charge is -2.37. The normalized spacial score (nSPS) is 15.2. The molecule has 0 saturated carbocycles. The summed E-state index contributed by atoms with van der Waals surface area (Å²) in [4.78, 5) is 76.1. The Kier molecular flexibility index (Phi) is 11.8. The van der Waals surface area contributed by atoms with Gasteiger partial charge in [-0.05, 0) is 56.5 Å². The molecule has 9 nitrogen and oxygen atoms in total. The zero-order valence-corrected chi connectivity index (χ0v) is 29.2. The van der Waals surface area contributed by atoms with E-state index in [9.17, 15) is 24.0 Å². The predicted molar refractivity (Wildman–Crippen MR) is 182 cm³/mol. The van der Waals surface area contributed by atoms with Crippen molar-refractivity contribution in [2.45, 2.75) is 82.6 Å². The highest BCUT2D eigenvalue weighted by Gasteiger charge is 2.46. The summed E-state index contributed by atoms with van der Waals surface area (Å²) in [6.07, 6.45) is 4.29. The van der Waals surface area contributed by atoms with E-state index in [0.717, 1.165) is 30.6 Å². The number of carbonyl (C=O) groups is 5. The Balaban J connectivity index is 1.92. The highest BCUT2D eigenvalue weighted by atomic mass is 32.2. The summed E-state index contributed by atoms with van der Waals surface area (Å²) < 4.78 is 0. The summed E-state index contributed by atoms with van der Waals surface area (Å²) >= 11 is 2.84. The monoisotopic (exact) mass is 654 g/mol. The van der Waals surface area contributed by atoms with Crippen LogP contribution in [0.4, 0.5) is 0 Å². The lowest BCUT2D eigenvalue weighted by Crippen LogP contribution is -2.54. The Morgan fingerprint density at radius 2 is 1.40 bits per heavy atom. The van der Waals surface area contributed by atoms with E-state index in [1.807, 2.05) is 46.7 Å². The van der Waals surface area contributed by atoms with Gasteiger partial charge in [-0.2, -0.15) is 0 Å². The van der Waals surface area contributed by atoms with E-state index in [1.165, 1.54) is 28.4 Å². The van der Waals surface area contributed by atoms with E-state index in [-0.39, 0.29) is 29.5 Å². The Morgan fingerprint density at radius 1 is 0.822 bits per heavy atom. The molecule has 45 heavy (non-hydrogen) atoms. The van der Waals surface area contributed by atoms with Crippen molar-refractivity contribution in [3.05, 3.63) is 34.4 Å². The molecular weight excluding hydrogens is 609 g/mol. The number of hydrogen-bond acceptors (Lipinski definition) is 8. The van der Waals surface area contributed by atoms with Crippen LogP contribution in [0, 0.1) is 5.92 Å². The smallest absolute Gasteiger partial charge is 0.263 e. The van der Waals surface area contributed by atoms with Gasteiger partial charge >= 0.3 is 0 Å². The van der Waals surface area contributed by atoms with Crippen LogP contribution in [0.25, 0.3) is 10.8 Å². The van der Waals surface area contributed by atoms with E-state index in [2.05, 4.69) is 12.2 Å². The van der Waals surface area contributed by atoms with Gasteiger partial charge in [0.15, 0.2) is 0 Å². The van der Waals surface area contributed by atoms with Gasteiger partial charge in [-0.3, -0.25) is 33.8 Å². The molecule has 11 heteroatoms. The molecule has 2 aliphatic rings. The highest BCUT2D eigenvalue weighted by molar-refractivity contribution is 7.99. The van der Waals surface area contributed by atoms with Gasteiger partial charge in [0.2, 0.25) is 5.91 Å². The molecule has 0 spiro atoms. The average Bonchev–Trinajstić information content (AvgIpc) is 2.98. The molecule has 0 bridgehead atoms. The number of likely N-dealkylation sites (N-methyl/N-ethyl adjacent to an activating group) is 1. The van der Waals surface area contributed by atoms with E-state index in [0.29, 0.717) is 62.7 Å². The van der Waals surface area contributed by atoms with Gasteiger partial charge in [-0.1, -0.05) is 53.9 Å². The first-order valence-corrected chi connectivity index (χ1v) is 18.0. The summed E-state index contributed by atoms with van der Waals surface area (Å²) in [5.41, 5.74) is 1.23. The molecule has 0 aromatic heterocycles. The lowest BCUT2D eigenvalue weighted by atomic mass is 9.84. The first kappa shape index (κ1) is 35.0. The Bertz CT molecular complexity index is 1510. The summed E-state index contributed by atoms with van der Waals surface area (Å²) in [6.45, 7) is 11.2. The van der Waals surface area contributed by atoms with Gasteiger partial charge in [-0.15, -0.1) is 23.5 Å². The van der Waals surface area contributed by atoms with Gasteiger partial charge < -0.3 is 10.2 Å². The molecule has 4 rings (SSSR count). The predicted octanol–water partition coefficient (Wildman–Crippen LogP) is 5.93. The number of rotatable bonds is 16. The van der Waals surface area contributed by atoms with Crippen molar-refractivity contribution >= 4 is 63.8 Å². The van der Waals surface area contributed by atoms with Crippen LogP contribution in [-0.4, -0.2) is 95.5 Å². The third kappa shape index (κ3) is 6.95. The van der Waals surface area contributed by atoms with Gasteiger partial charge in [0, 0.05) is 51.3 Å². The largest absolute Gasteiger partial charge is 0.354 e. The van der Waals surface area contributed by atoms with Gasteiger partial charge in [0.1, 0.15) is 6.04 Å². The number of nitrogens with one attached hydrogen (secondary N) is 1. The van der Waals surface area contributed by atoms with Crippen molar-refractivity contribution in [3.63, 3.8) is 0 Å². The average molecular weight is 655 g/mol. The second-order valence-electron chi connectivity index (χ2n) is 12.3. The zero-order valence-electron chi connectivity index (χ0n) is 27.6. The highest BCUT2D eigenvalue weighted by Crippen LogP contribution is 2.46. The van der Waals surface area contributed by atoms with Crippen LogP contribution in [-0.2, 0) is 4.79 Å². The maximum atomic E-state index is 14.5. The molecule has 2 aliphatic heterocycles. The topological polar surface area (TPSA) is 107 Å². The fraction of sp³-hybridized carbons (Fsp3) is 0.559. The summed E-state index contributed by atoms with van der Waals surface area (Å²) in [6, 6.07) is 2.43. The maximum Gasteiger partial charge on any atom is 0.263 e. The molecule has 0 saturated heterocycles. The van der Waals surface area contributed by atoms with Gasteiger partial charge in [-0.25, -0.2) is 0 Å². The molecule has 0 fully saturated rings. The first-order valence-electron chi connectivity index (χ1n) is 16.1. The fourth-order valence-corrected chi connectivity index (χ4v) is 7.74. The first-order chi connectivity index (χ1) is 21.5. The van der Waals surface area contributed by atoms with Crippen molar-refractivity contribution in [3.8, 4) is 0 Å². The van der Waals surface area contributed by atoms with Gasteiger partial charge in [0.25, 0.3) is 23.6 Å². The molecule has 1 N–H and O–H groups in total. The molecule has 2 heterocycles. The lowest BCUT2D eigenvalue weighted by molar-refractivity contribution is -0.125. The quantitative estimate of drug-likeness (QED) is 0.135. The van der Waals surface area contributed by atoms with Crippen LogP contribution in [0.3, 0.4) is 0 Å². The maximum absolute atomic E-state index is 14.5. The van der Waals surface area contributed by atoms with Crippen LogP contribution >= 0.6 is 23.5 Å². The number of nitrogens with zero attached hydrogens (tertiary/aromatic N) is 3. The van der Waals surface area contributed by atoms with Crippen LogP contribution in [0.15, 0.2) is 21.9 Å². The number of imide groups is 2. The second kappa shape index (κ2) is 15.1. The molecule has 2 aromatic carbocycles. The molecule has 0 radical (unpaired) electrons. The number of carbonyl (C=O) groups excluding carboxylic acids is 5. The van der Waals surface area contributed by atoms with Crippen molar-refractivity contribution in [1.29, 1.82) is 0 Å². The van der Waals surface area contributed by atoms with Gasteiger partial charge in [0.05, 0.1) is 11.1 Å². The number of amides is 5. The molecule has 1 atom stereocenters. The molecule has 244 valence electrons. The van der Waals surface area contributed by atoms with Crippen LogP contribution < -0.4 is 5.32 Å². The van der Waals surface area contributed by atoms with E-state index >= 15 is 0 Å². The Labute approximate surface area is 275 Å². The number of benzene rings is 2. The third-order valence-electron chi connectivity index (χ3n) is 8.16. The third-order valence-corrected chi connectivity index (χ3v) is 10.0. The Hall–Kier alpha value is -2.89. The van der Waals surface area contributed by atoms with Crippen molar-refractivity contribution in [2.75, 3.05) is 45.2 Å². The zero-order chi connectivity index (χ0) is 33.0. The van der Waals surface area contributed by atoms with E-state index < -0.39 is 29.7 Å². The minimum atomic E-state index is -0.988. The number of hydrogen-bond donors (Lipinski definition) is 1. The van der Waals surface area contributed by atoms with Crippen molar-refractivity contribution in [2.24, 2.45) is 5.92 Å². The van der Waals surface area contributed by atoms with Crippen LogP contribution in [0.5, 0.6) is 0 Å². The standard InChI is InChI=1S/C34H46N4O5S2/c1-8-11-12-13-14-35-30(39)23(17-20(4)5)38-32(41)22-19-24(44-9-2)28-26-21(31(40)37(33(28)42)16-15-36(6)7)18-25(45-10-3)29(27(22)26)34(38)43/h18-20,23H,8-17H2,1-7H3,(H,35,39). The number of thioether (sulfide) groups is 2.